The zero-order valence-corrected chi connectivity index (χ0v) is 34.6. The van der Waals surface area contributed by atoms with Crippen LogP contribution < -0.4 is 30.7 Å². The van der Waals surface area contributed by atoms with Gasteiger partial charge in [-0.1, -0.05) is 64.7 Å². The van der Waals surface area contributed by atoms with Gasteiger partial charge in [-0.15, -0.1) is 0 Å². The van der Waals surface area contributed by atoms with Gasteiger partial charge in [-0.05, 0) is 43.5 Å². The minimum Gasteiger partial charge on any atom is -0.491 e. The van der Waals surface area contributed by atoms with Crippen molar-refractivity contribution in [3.05, 3.63) is 24.3 Å². The molecule has 3 atom stereocenters. The number of thioether (sulfide) groups is 1. The molecule has 1 aromatic rings. The van der Waals surface area contributed by atoms with Crippen molar-refractivity contribution in [1.29, 1.82) is 0 Å². The Hall–Kier alpha value is -2.82. The average molecular weight is 811 g/mol. The molecule has 0 bridgehead atoms. The fourth-order valence-corrected chi connectivity index (χ4v) is 7.86. The minimum absolute atomic E-state index is 0.0221. The van der Waals surface area contributed by atoms with Crippen molar-refractivity contribution in [2.75, 3.05) is 98.1 Å². The number of hydrogen-bond donors (Lipinski definition) is 4. The van der Waals surface area contributed by atoms with Crippen molar-refractivity contribution in [2.45, 2.75) is 108 Å². The van der Waals surface area contributed by atoms with Crippen LogP contribution in [0.3, 0.4) is 0 Å². The molecule has 2 aliphatic rings. The Bertz CT molecular complexity index is 1170. The minimum atomic E-state index is -0.241. The highest BCUT2D eigenvalue weighted by Gasteiger charge is 2.42. The summed E-state index contributed by atoms with van der Waals surface area (Å²) in [5, 5.41) is 12.0. The molecule has 4 N–H and O–H groups in total. The van der Waals surface area contributed by atoms with E-state index in [-0.39, 0.29) is 36.5 Å². The average Bonchev–Trinajstić information content (AvgIpc) is 3.76. The smallest absolute Gasteiger partial charge is 0.315 e. The second kappa shape index (κ2) is 32.2. The van der Waals surface area contributed by atoms with Gasteiger partial charge < -0.3 is 54.4 Å². The van der Waals surface area contributed by atoms with E-state index in [4.69, 9.17) is 33.2 Å². The van der Waals surface area contributed by atoms with E-state index in [1.54, 1.807) is 24.3 Å². The van der Waals surface area contributed by atoms with Crippen molar-refractivity contribution in [3.8, 4) is 11.5 Å². The number of nitrogens with one attached hydrogen (secondary N) is 4. The third kappa shape index (κ3) is 23.4. The number of amides is 4. The van der Waals surface area contributed by atoms with Gasteiger partial charge >= 0.3 is 6.03 Å². The number of carbonyl (C=O) groups is 3. The van der Waals surface area contributed by atoms with Crippen LogP contribution in [-0.2, 0) is 33.3 Å². The lowest BCUT2D eigenvalue weighted by molar-refractivity contribution is -0.123. The second-order valence-corrected chi connectivity index (χ2v) is 15.3. The Balaban J connectivity index is 1.00. The molecule has 0 saturated carbocycles. The summed E-state index contributed by atoms with van der Waals surface area (Å²) in [6.45, 7) is 8.43. The first-order chi connectivity index (χ1) is 27.5. The van der Waals surface area contributed by atoms with Crippen LogP contribution >= 0.6 is 11.8 Å². The van der Waals surface area contributed by atoms with Gasteiger partial charge in [-0.25, -0.2) is 4.79 Å². The summed E-state index contributed by atoms with van der Waals surface area (Å²) >= 11 is 1.89. The van der Waals surface area contributed by atoms with Gasteiger partial charge in [0.15, 0.2) is 6.61 Å². The summed E-state index contributed by atoms with van der Waals surface area (Å²) < 4.78 is 39.1. The van der Waals surface area contributed by atoms with E-state index in [0.717, 1.165) is 38.0 Å². The molecule has 56 heavy (non-hydrogen) atoms. The Morgan fingerprint density at radius 2 is 1.16 bits per heavy atom. The molecule has 2 fully saturated rings. The molecule has 0 radical (unpaired) electrons. The number of rotatable bonds is 37. The molecular weight excluding hydrogens is 741 g/mol. The maximum Gasteiger partial charge on any atom is 0.315 e. The summed E-state index contributed by atoms with van der Waals surface area (Å²) in [6, 6.07) is 7.47. The lowest BCUT2D eigenvalue weighted by Crippen LogP contribution is -2.36. The molecule has 0 aliphatic carbocycles. The summed E-state index contributed by atoms with van der Waals surface area (Å²) in [6.07, 6.45) is 15.1. The van der Waals surface area contributed by atoms with Gasteiger partial charge in [-0.3, -0.25) is 9.59 Å². The summed E-state index contributed by atoms with van der Waals surface area (Å²) in [5.41, 5.74) is 0. The van der Waals surface area contributed by atoms with Crippen LogP contribution in [-0.4, -0.2) is 133 Å². The summed E-state index contributed by atoms with van der Waals surface area (Å²) in [5.74, 6) is 1.99. The number of unbranched alkanes of at least 4 members (excludes halogenated alkanes) is 9. The van der Waals surface area contributed by atoms with Crippen LogP contribution in [0.15, 0.2) is 24.3 Å². The molecule has 1 aromatic carbocycles. The van der Waals surface area contributed by atoms with E-state index in [2.05, 4.69) is 28.2 Å². The lowest BCUT2D eigenvalue weighted by atomic mass is 10.0. The normalized spacial score (nSPS) is 17.3. The molecule has 2 aliphatic heterocycles. The van der Waals surface area contributed by atoms with Gasteiger partial charge in [0.25, 0.3) is 5.91 Å². The van der Waals surface area contributed by atoms with Crippen molar-refractivity contribution in [2.24, 2.45) is 0 Å². The van der Waals surface area contributed by atoms with Crippen LogP contribution in [0.2, 0.25) is 0 Å². The van der Waals surface area contributed by atoms with Crippen molar-refractivity contribution in [3.63, 3.8) is 0 Å². The first kappa shape index (κ1) is 47.6. The van der Waals surface area contributed by atoms with Crippen LogP contribution in [0.1, 0.15) is 90.4 Å². The first-order valence-corrected chi connectivity index (χ1v) is 22.1. The van der Waals surface area contributed by atoms with E-state index < -0.39 is 0 Å². The zero-order valence-electron chi connectivity index (χ0n) is 33.8. The van der Waals surface area contributed by atoms with E-state index in [0.29, 0.717) is 102 Å². The second-order valence-electron chi connectivity index (χ2n) is 14.1. The Morgan fingerprint density at radius 3 is 1.80 bits per heavy atom. The fourth-order valence-electron chi connectivity index (χ4n) is 6.32. The quantitative estimate of drug-likeness (QED) is 0.0528. The summed E-state index contributed by atoms with van der Waals surface area (Å²) in [7, 11) is 0. The molecule has 3 unspecified atom stereocenters. The number of benzene rings is 1. The Kier molecular flexibility index (Phi) is 27.3. The zero-order chi connectivity index (χ0) is 39.7. The molecule has 320 valence electrons. The number of ether oxygens (including phenoxy) is 7. The maximum absolute atomic E-state index is 12.1. The fraction of sp³-hybridized carbons (Fsp3) is 0.780. The lowest BCUT2D eigenvalue weighted by Gasteiger charge is -2.16. The van der Waals surface area contributed by atoms with Crippen molar-refractivity contribution in [1.82, 2.24) is 21.3 Å². The predicted molar refractivity (Wildman–Crippen MR) is 219 cm³/mol. The topological polar surface area (TPSA) is 164 Å². The van der Waals surface area contributed by atoms with Gasteiger partial charge in [0.1, 0.15) is 18.1 Å². The molecule has 15 heteroatoms. The SMILES string of the molecule is CCCCCCCCCCCOCCOCCOCCOc1ccc(OCC(=O)NCCOCCOCCNC(=O)CCCCC2SCC3NC(=O)NC32)cc1. The largest absolute Gasteiger partial charge is 0.491 e. The maximum atomic E-state index is 12.1. The standard InChI is InChI=1S/C41H70N4O10S/c1-2-3-4-5-6-7-8-9-12-21-49-24-27-52-28-29-53-30-31-54-34-15-17-35(18-16-34)55-32-39(47)43-20-23-51-26-25-50-22-19-42-38(46)14-11-10-13-37-40-36(33-56-37)44-41(48)45-40/h15-18,36-37,40H,2-14,19-33H2,1H3,(H,42,46)(H,43,47)(H2,44,45,48). The Morgan fingerprint density at radius 1 is 0.625 bits per heavy atom. The van der Waals surface area contributed by atoms with E-state index in [1.807, 2.05) is 11.8 Å². The highest BCUT2D eigenvalue weighted by molar-refractivity contribution is 8.00. The summed E-state index contributed by atoms with van der Waals surface area (Å²) in [4.78, 5) is 35.7. The van der Waals surface area contributed by atoms with Crippen molar-refractivity contribution >= 4 is 29.6 Å². The van der Waals surface area contributed by atoms with E-state index in [1.165, 1.54) is 51.4 Å². The van der Waals surface area contributed by atoms with Gasteiger partial charge in [0.2, 0.25) is 5.91 Å². The third-order valence-corrected chi connectivity index (χ3v) is 10.9. The van der Waals surface area contributed by atoms with Crippen LogP contribution in [0.5, 0.6) is 11.5 Å². The number of hydrogen-bond acceptors (Lipinski definition) is 11. The highest BCUT2D eigenvalue weighted by Crippen LogP contribution is 2.33. The Labute approximate surface area is 339 Å². The van der Waals surface area contributed by atoms with Crippen LogP contribution in [0.4, 0.5) is 4.79 Å². The predicted octanol–water partition coefficient (Wildman–Crippen LogP) is 5.02. The van der Waals surface area contributed by atoms with Gasteiger partial charge in [0, 0.05) is 37.1 Å². The van der Waals surface area contributed by atoms with Crippen molar-refractivity contribution < 1.29 is 47.5 Å². The highest BCUT2D eigenvalue weighted by atomic mass is 32.2. The number of carbonyl (C=O) groups excluding carboxylic acids is 3. The molecule has 2 saturated heterocycles. The molecule has 0 aromatic heterocycles. The van der Waals surface area contributed by atoms with E-state index in [9.17, 15) is 14.4 Å². The molecule has 4 amide bonds. The van der Waals surface area contributed by atoms with Gasteiger partial charge in [0.05, 0.1) is 71.5 Å². The molecule has 0 spiro atoms. The monoisotopic (exact) mass is 810 g/mol. The van der Waals surface area contributed by atoms with Crippen LogP contribution in [0, 0.1) is 0 Å². The van der Waals surface area contributed by atoms with Crippen LogP contribution in [0.25, 0.3) is 0 Å². The molecule has 3 rings (SSSR count). The number of fused-ring (bicyclic) bond motifs is 1. The first-order valence-electron chi connectivity index (χ1n) is 21.0. The van der Waals surface area contributed by atoms with E-state index >= 15 is 0 Å². The number of urea groups is 1. The molecular formula is C41H70N4O10S. The van der Waals surface area contributed by atoms with Gasteiger partial charge in [-0.2, -0.15) is 11.8 Å². The molecule has 2 heterocycles. The molecule has 14 nitrogen and oxygen atoms in total. The third-order valence-electron chi connectivity index (χ3n) is 9.42.